The van der Waals surface area contributed by atoms with Gasteiger partial charge in [-0.25, -0.2) is 0 Å². The standard InChI is InChI=1S/C18H24N2O2/c1-3-20(12-16-8-10-19-11-9-16)13-17(21)14-22-18-6-4-15(2)5-7-18/h4-11,17,21H,3,12-14H2,1-2H3. The molecule has 0 aliphatic rings. The first-order valence-corrected chi connectivity index (χ1v) is 7.66. The van der Waals surface area contributed by atoms with Crippen LogP contribution in [0.4, 0.5) is 0 Å². The summed E-state index contributed by atoms with van der Waals surface area (Å²) in [7, 11) is 0. The summed E-state index contributed by atoms with van der Waals surface area (Å²) in [6.45, 7) is 6.71. The van der Waals surface area contributed by atoms with Crippen molar-refractivity contribution >= 4 is 0 Å². The molecular weight excluding hydrogens is 276 g/mol. The summed E-state index contributed by atoms with van der Waals surface area (Å²) in [5, 5.41) is 10.2. The highest BCUT2D eigenvalue weighted by Gasteiger charge is 2.11. The average molecular weight is 300 g/mol. The number of hydrogen-bond acceptors (Lipinski definition) is 4. The van der Waals surface area contributed by atoms with E-state index in [2.05, 4.69) is 16.8 Å². The third-order valence-electron chi connectivity index (χ3n) is 3.54. The van der Waals surface area contributed by atoms with Gasteiger partial charge in [-0.1, -0.05) is 24.6 Å². The molecule has 0 spiro atoms. The van der Waals surface area contributed by atoms with Crippen LogP contribution >= 0.6 is 0 Å². The zero-order valence-corrected chi connectivity index (χ0v) is 13.3. The van der Waals surface area contributed by atoms with Crippen molar-refractivity contribution < 1.29 is 9.84 Å². The van der Waals surface area contributed by atoms with Gasteiger partial charge in [-0.15, -0.1) is 0 Å². The number of hydrogen-bond donors (Lipinski definition) is 1. The number of aromatic nitrogens is 1. The highest BCUT2D eigenvalue weighted by Crippen LogP contribution is 2.12. The van der Waals surface area contributed by atoms with Gasteiger partial charge in [-0.05, 0) is 43.3 Å². The molecule has 2 rings (SSSR count). The molecule has 1 heterocycles. The molecule has 4 nitrogen and oxygen atoms in total. The Hall–Kier alpha value is -1.91. The molecule has 0 fully saturated rings. The summed E-state index contributed by atoms with van der Waals surface area (Å²) >= 11 is 0. The molecule has 0 saturated carbocycles. The van der Waals surface area contributed by atoms with Crippen molar-refractivity contribution in [3.05, 3.63) is 59.9 Å². The predicted octanol–water partition coefficient (Wildman–Crippen LogP) is 2.65. The van der Waals surface area contributed by atoms with E-state index in [0.717, 1.165) is 18.8 Å². The van der Waals surface area contributed by atoms with Crippen LogP contribution in [0.15, 0.2) is 48.8 Å². The molecule has 0 saturated heterocycles. The van der Waals surface area contributed by atoms with E-state index < -0.39 is 6.10 Å². The third-order valence-corrected chi connectivity index (χ3v) is 3.54. The Bertz CT molecular complexity index is 543. The number of likely N-dealkylation sites (N-methyl/N-ethyl adjacent to an activating group) is 1. The normalized spacial score (nSPS) is 12.4. The average Bonchev–Trinajstić information content (AvgIpc) is 2.54. The van der Waals surface area contributed by atoms with Crippen molar-refractivity contribution in [2.75, 3.05) is 19.7 Å². The van der Waals surface area contributed by atoms with Gasteiger partial charge in [0.25, 0.3) is 0 Å². The predicted molar refractivity (Wildman–Crippen MR) is 87.9 cm³/mol. The van der Waals surface area contributed by atoms with Crippen LogP contribution in [0.3, 0.4) is 0 Å². The lowest BCUT2D eigenvalue weighted by Gasteiger charge is -2.23. The third kappa shape index (κ3) is 5.47. The summed E-state index contributed by atoms with van der Waals surface area (Å²) in [4.78, 5) is 6.21. The molecule has 0 aliphatic heterocycles. The van der Waals surface area contributed by atoms with Crippen LogP contribution in [0, 0.1) is 6.92 Å². The summed E-state index contributed by atoms with van der Waals surface area (Å²) < 4.78 is 5.63. The van der Waals surface area contributed by atoms with Crippen molar-refractivity contribution in [3.8, 4) is 5.75 Å². The molecule has 1 aromatic carbocycles. The molecule has 0 radical (unpaired) electrons. The number of aliphatic hydroxyl groups is 1. The van der Waals surface area contributed by atoms with E-state index in [0.29, 0.717) is 13.2 Å². The fraction of sp³-hybridized carbons (Fsp3) is 0.389. The quantitative estimate of drug-likeness (QED) is 0.814. The summed E-state index contributed by atoms with van der Waals surface area (Å²) in [6.07, 6.45) is 3.07. The Labute approximate surface area is 132 Å². The summed E-state index contributed by atoms with van der Waals surface area (Å²) in [5.41, 5.74) is 2.39. The first kappa shape index (κ1) is 16.5. The molecule has 1 N–H and O–H groups in total. The maximum Gasteiger partial charge on any atom is 0.119 e. The van der Waals surface area contributed by atoms with Gasteiger partial charge in [-0.3, -0.25) is 9.88 Å². The highest BCUT2D eigenvalue weighted by molar-refractivity contribution is 5.26. The SMILES string of the molecule is CCN(Cc1ccncc1)CC(O)COc1ccc(C)cc1. The first-order chi connectivity index (χ1) is 10.7. The number of aryl methyl sites for hydroxylation is 1. The molecule has 4 heteroatoms. The van der Waals surface area contributed by atoms with Crippen molar-refractivity contribution in [1.29, 1.82) is 0 Å². The lowest BCUT2D eigenvalue weighted by atomic mass is 10.2. The topological polar surface area (TPSA) is 45.6 Å². The second-order valence-corrected chi connectivity index (χ2v) is 5.46. The second-order valence-electron chi connectivity index (χ2n) is 5.46. The maximum atomic E-state index is 10.2. The number of nitrogens with zero attached hydrogens (tertiary/aromatic N) is 2. The summed E-state index contributed by atoms with van der Waals surface area (Å²) in [6, 6.07) is 11.9. The number of ether oxygens (including phenoxy) is 1. The van der Waals surface area contributed by atoms with Crippen LogP contribution in [0.2, 0.25) is 0 Å². The largest absolute Gasteiger partial charge is 0.491 e. The lowest BCUT2D eigenvalue weighted by Crippen LogP contribution is -2.35. The van der Waals surface area contributed by atoms with E-state index in [4.69, 9.17) is 4.74 Å². The Kier molecular flexibility index (Phi) is 6.37. The van der Waals surface area contributed by atoms with E-state index in [-0.39, 0.29) is 0 Å². The van der Waals surface area contributed by atoms with E-state index in [1.165, 1.54) is 11.1 Å². The number of rotatable bonds is 8. The Morgan fingerprint density at radius 3 is 2.45 bits per heavy atom. The van der Waals surface area contributed by atoms with Crippen LogP contribution < -0.4 is 4.74 Å². The zero-order valence-electron chi connectivity index (χ0n) is 13.3. The van der Waals surface area contributed by atoms with Crippen molar-refractivity contribution in [1.82, 2.24) is 9.88 Å². The van der Waals surface area contributed by atoms with E-state index in [1.807, 2.05) is 43.3 Å². The number of aliphatic hydroxyl groups excluding tert-OH is 1. The molecular formula is C18H24N2O2. The molecule has 0 amide bonds. The molecule has 22 heavy (non-hydrogen) atoms. The minimum absolute atomic E-state index is 0.301. The molecule has 0 aliphatic carbocycles. The van der Waals surface area contributed by atoms with Crippen LogP contribution in [0.25, 0.3) is 0 Å². The van der Waals surface area contributed by atoms with Gasteiger partial charge in [0.2, 0.25) is 0 Å². The van der Waals surface area contributed by atoms with Crippen molar-refractivity contribution in [3.63, 3.8) is 0 Å². The molecule has 1 unspecified atom stereocenters. The highest BCUT2D eigenvalue weighted by atomic mass is 16.5. The lowest BCUT2D eigenvalue weighted by molar-refractivity contribution is 0.0675. The minimum atomic E-state index is -0.511. The minimum Gasteiger partial charge on any atom is -0.491 e. The monoisotopic (exact) mass is 300 g/mol. The van der Waals surface area contributed by atoms with Gasteiger partial charge < -0.3 is 9.84 Å². The van der Waals surface area contributed by atoms with E-state index in [9.17, 15) is 5.11 Å². The molecule has 1 atom stereocenters. The Morgan fingerprint density at radius 1 is 1.14 bits per heavy atom. The van der Waals surface area contributed by atoms with Gasteiger partial charge in [0.05, 0.1) is 0 Å². The first-order valence-electron chi connectivity index (χ1n) is 7.66. The van der Waals surface area contributed by atoms with Crippen molar-refractivity contribution in [2.24, 2.45) is 0 Å². The number of pyridine rings is 1. The van der Waals surface area contributed by atoms with Crippen LogP contribution in [-0.2, 0) is 6.54 Å². The van der Waals surface area contributed by atoms with E-state index >= 15 is 0 Å². The smallest absolute Gasteiger partial charge is 0.119 e. The fourth-order valence-corrected chi connectivity index (χ4v) is 2.23. The van der Waals surface area contributed by atoms with Gasteiger partial charge in [0, 0.05) is 25.5 Å². The van der Waals surface area contributed by atoms with Gasteiger partial charge in [0.15, 0.2) is 0 Å². The fourth-order valence-electron chi connectivity index (χ4n) is 2.23. The Balaban J connectivity index is 1.79. The molecule has 1 aromatic heterocycles. The molecule has 2 aromatic rings. The zero-order chi connectivity index (χ0) is 15.8. The molecule has 0 bridgehead atoms. The summed E-state index contributed by atoms with van der Waals surface area (Å²) in [5.74, 6) is 0.793. The second kappa shape index (κ2) is 8.51. The van der Waals surface area contributed by atoms with Crippen LogP contribution in [-0.4, -0.2) is 40.8 Å². The van der Waals surface area contributed by atoms with Crippen LogP contribution in [0.5, 0.6) is 5.75 Å². The van der Waals surface area contributed by atoms with Gasteiger partial charge in [-0.2, -0.15) is 0 Å². The molecule has 118 valence electrons. The van der Waals surface area contributed by atoms with Gasteiger partial charge in [0.1, 0.15) is 18.5 Å². The maximum absolute atomic E-state index is 10.2. The van der Waals surface area contributed by atoms with Gasteiger partial charge >= 0.3 is 0 Å². The van der Waals surface area contributed by atoms with E-state index in [1.54, 1.807) is 12.4 Å². The van der Waals surface area contributed by atoms with Crippen molar-refractivity contribution in [2.45, 2.75) is 26.5 Å². The van der Waals surface area contributed by atoms with Crippen LogP contribution in [0.1, 0.15) is 18.1 Å². The number of benzene rings is 1. The Morgan fingerprint density at radius 2 is 1.82 bits per heavy atom.